The zero-order valence-electron chi connectivity index (χ0n) is 12.5. The number of nitrogens with one attached hydrogen (secondary N) is 2. The van der Waals surface area contributed by atoms with Gasteiger partial charge in [0, 0.05) is 11.9 Å². The molecule has 1 aromatic carbocycles. The smallest absolute Gasteiger partial charge is 0.263 e. The van der Waals surface area contributed by atoms with Crippen molar-refractivity contribution in [3.8, 4) is 0 Å². The first-order chi connectivity index (χ1) is 10.7. The van der Waals surface area contributed by atoms with Crippen molar-refractivity contribution >= 4 is 31.6 Å². The Balaban J connectivity index is 2.21. The van der Waals surface area contributed by atoms with Gasteiger partial charge < -0.3 is 0 Å². The van der Waals surface area contributed by atoms with Crippen molar-refractivity contribution < 1.29 is 16.8 Å². The molecule has 0 bridgehead atoms. The van der Waals surface area contributed by atoms with Crippen LogP contribution >= 0.6 is 0 Å². The first kappa shape index (κ1) is 17.2. The third-order valence-electron chi connectivity index (χ3n) is 2.83. The highest BCUT2D eigenvalue weighted by atomic mass is 32.2. The largest absolute Gasteiger partial charge is 0.284 e. The molecule has 124 valence electrons. The Morgan fingerprint density at radius 1 is 1.00 bits per heavy atom. The fourth-order valence-corrected chi connectivity index (χ4v) is 3.30. The molecule has 23 heavy (non-hydrogen) atoms. The van der Waals surface area contributed by atoms with Crippen LogP contribution in [0.5, 0.6) is 0 Å². The van der Waals surface area contributed by atoms with Crippen LogP contribution in [-0.4, -0.2) is 32.6 Å². The number of aryl methyl sites for hydroxylation is 1. The van der Waals surface area contributed by atoms with Crippen molar-refractivity contribution in [2.75, 3.05) is 15.2 Å². The van der Waals surface area contributed by atoms with Gasteiger partial charge in [-0.2, -0.15) is 0 Å². The van der Waals surface area contributed by atoms with Crippen molar-refractivity contribution in [2.45, 2.75) is 18.7 Å². The van der Waals surface area contributed by atoms with E-state index in [1.54, 1.807) is 6.92 Å². The number of aromatic nitrogens is 2. The monoisotopic (exact) mass is 356 g/mol. The molecule has 0 fully saturated rings. The van der Waals surface area contributed by atoms with Crippen LogP contribution in [0.3, 0.4) is 0 Å². The van der Waals surface area contributed by atoms with Gasteiger partial charge in [-0.3, -0.25) is 9.44 Å². The Morgan fingerprint density at radius 2 is 1.65 bits per heavy atom. The van der Waals surface area contributed by atoms with Gasteiger partial charge in [0.1, 0.15) is 11.6 Å². The van der Waals surface area contributed by atoms with Crippen LogP contribution in [-0.2, 0) is 20.0 Å². The van der Waals surface area contributed by atoms with E-state index in [1.807, 2.05) is 0 Å². The van der Waals surface area contributed by atoms with Crippen LogP contribution in [0.15, 0.2) is 41.4 Å². The number of hydrogen-bond acceptors (Lipinski definition) is 6. The highest BCUT2D eigenvalue weighted by molar-refractivity contribution is 7.93. The second kappa shape index (κ2) is 6.50. The maximum absolute atomic E-state index is 12.3. The SMILES string of the molecule is CCS(=O)(=O)Nc1ccc(S(=O)(=O)Nc2ccnc(C)n2)cc1. The van der Waals surface area contributed by atoms with Crippen molar-refractivity contribution in [1.29, 1.82) is 0 Å². The van der Waals surface area contributed by atoms with Gasteiger partial charge in [-0.05, 0) is 44.2 Å². The molecule has 1 aromatic heterocycles. The average Bonchev–Trinajstić information content (AvgIpc) is 2.47. The molecule has 0 saturated carbocycles. The lowest BCUT2D eigenvalue weighted by molar-refractivity contribution is 0.600. The Kier molecular flexibility index (Phi) is 4.85. The summed E-state index contributed by atoms with van der Waals surface area (Å²) in [6.07, 6.45) is 1.45. The first-order valence-electron chi connectivity index (χ1n) is 6.65. The van der Waals surface area contributed by atoms with Gasteiger partial charge in [-0.1, -0.05) is 0 Å². The number of rotatable bonds is 6. The molecule has 10 heteroatoms. The predicted molar refractivity (Wildman–Crippen MR) is 87.1 cm³/mol. The van der Waals surface area contributed by atoms with Gasteiger partial charge in [0.15, 0.2) is 0 Å². The summed E-state index contributed by atoms with van der Waals surface area (Å²) in [5, 5.41) is 0. The van der Waals surface area contributed by atoms with Gasteiger partial charge in [-0.15, -0.1) is 0 Å². The standard InChI is InChI=1S/C13H16N4O4S2/c1-3-22(18,19)16-11-4-6-12(7-5-11)23(20,21)17-13-8-9-14-10(2)15-13/h4-9,16H,3H2,1-2H3,(H,14,15,17). The number of benzene rings is 1. The molecular weight excluding hydrogens is 340 g/mol. The number of anilines is 2. The Morgan fingerprint density at radius 3 is 2.22 bits per heavy atom. The summed E-state index contributed by atoms with van der Waals surface area (Å²) >= 11 is 0. The lowest BCUT2D eigenvalue weighted by atomic mass is 10.3. The molecule has 0 aliphatic carbocycles. The summed E-state index contributed by atoms with van der Waals surface area (Å²) in [7, 11) is -7.22. The van der Waals surface area contributed by atoms with E-state index in [0.717, 1.165) is 0 Å². The molecule has 0 saturated heterocycles. The van der Waals surface area contributed by atoms with E-state index in [0.29, 0.717) is 11.5 Å². The summed E-state index contributed by atoms with van der Waals surface area (Å²) in [6.45, 7) is 3.15. The lowest BCUT2D eigenvalue weighted by Crippen LogP contribution is -2.16. The molecule has 0 unspecified atom stereocenters. The Labute approximate surface area is 135 Å². The quantitative estimate of drug-likeness (QED) is 0.806. The second-order valence-corrected chi connectivity index (χ2v) is 8.32. The van der Waals surface area contributed by atoms with Gasteiger partial charge in [-0.25, -0.2) is 26.8 Å². The van der Waals surface area contributed by atoms with E-state index in [2.05, 4.69) is 19.4 Å². The van der Waals surface area contributed by atoms with Gasteiger partial charge in [0.25, 0.3) is 10.0 Å². The van der Waals surface area contributed by atoms with Crippen molar-refractivity contribution in [3.05, 3.63) is 42.4 Å². The van der Waals surface area contributed by atoms with Crippen LogP contribution in [0.4, 0.5) is 11.5 Å². The number of sulfonamides is 2. The first-order valence-corrected chi connectivity index (χ1v) is 9.78. The fraction of sp³-hybridized carbons (Fsp3) is 0.231. The van der Waals surface area contributed by atoms with E-state index < -0.39 is 20.0 Å². The summed E-state index contributed by atoms with van der Waals surface area (Å²) in [6, 6.07) is 6.82. The predicted octanol–water partition coefficient (Wildman–Crippen LogP) is 1.35. The number of hydrogen-bond donors (Lipinski definition) is 2. The molecule has 2 rings (SSSR count). The fourth-order valence-electron chi connectivity index (χ4n) is 1.66. The third kappa shape index (κ3) is 4.63. The van der Waals surface area contributed by atoms with E-state index in [1.165, 1.54) is 43.5 Å². The summed E-state index contributed by atoms with van der Waals surface area (Å²) < 4.78 is 52.1. The minimum atomic E-state index is -3.81. The van der Waals surface area contributed by atoms with E-state index in [9.17, 15) is 16.8 Å². The summed E-state index contributed by atoms with van der Waals surface area (Å²) in [4.78, 5) is 7.85. The van der Waals surface area contributed by atoms with Crippen molar-refractivity contribution in [3.63, 3.8) is 0 Å². The highest BCUT2D eigenvalue weighted by Crippen LogP contribution is 2.17. The van der Waals surface area contributed by atoms with Crippen molar-refractivity contribution in [2.24, 2.45) is 0 Å². The van der Waals surface area contributed by atoms with E-state index in [4.69, 9.17) is 0 Å². The topological polar surface area (TPSA) is 118 Å². The molecule has 0 amide bonds. The van der Waals surface area contributed by atoms with Crippen LogP contribution in [0.1, 0.15) is 12.7 Å². The average molecular weight is 356 g/mol. The van der Waals surface area contributed by atoms with E-state index >= 15 is 0 Å². The van der Waals surface area contributed by atoms with Crippen LogP contribution in [0.2, 0.25) is 0 Å². The minimum Gasteiger partial charge on any atom is -0.284 e. The summed E-state index contributed by atoms with van der Waals surface area (Å²) in [5.74, 6) is 0.532. The molecule has 0 aliphatic heterocycles. The normalized spacial score (nSPS) is 11.9. The maximum atomic E-state index is 12.3. The number of nitrogens with zero attached hydrogens (tertiary/aromatic N) is 2. The zero-order valence-corrected chi connectivity index (χ0v) is 14.1. The minimum absolute atomic E-state index is 0.00629. The van der Waals surface area contributed by atoms with Crippen LogP contribution < -0.4 is 9.44 Å². The van der Waals surface area contributed by atoms with E-state index in [-0.39, 0.29) is 16.5 Å². The molecule has 1 heterocycles. The highest BCUT2D eigenvalue weighted by Gasteiger charge is 2.15. The second-order valence-electron chi connectivity index (χ2n) is 4.62. The molecule has 0 spiro atoms. The van der Waals surface area contributed by atoms with Crippen LogP contribution in [0, 0.1) is 6.92 Å². The Hall–Kier alpha value is -2.20. The molecule has 2 N–H and O–H groups in total. The maximum Gasteiger partial charge on any atom is 0.263 e. The Bertz CT molecular complexity index is 894. The molecule has 0 aliphatic rings. The van der Waals surface area contributed by atoms with Crippen LogP contribution in [0.25, 0.3) is 0 Å². The van der Waals surface area contributed by atoms with Gasteiger partial charge in [0.05, 0.1) is 10.6 Å². The molecule has 2 aromatic rings. The zero-order chi connectivity index (χ0) is 17.1. The molecule has 0 radical (unpaired) electrons. The molecule has 8 nitrogen and oxygen atoms in total. The van der Waals surface area contributed by atoms with Crippen molar-refractivity contribution in [1.82, 2.24) is 9.97 Å². The molecule has 0 atom stereocenters. The third-order valence-corrected chi connectivity index (χ3v) is 5.51. The lowest BCUT2D eigenvalue weighted by Gasteiger charge is -2.09. The molecular formula is C13H16N4O4S2. The van der Waals surface area contributed by atoms with Gasteiger partial charge in [0.2, 0.25) is 10.0 Å². The summed E-state index contributed by atoms with van der Waals surface area (Å²) in [5.41, 5.74) is 0.295. The van der Waals surface area contributed by atoms with Gasteiger partial charge >= 0.3 is 0 Å².